The number of carbonyl (C=O) groups excluding carboxylic acids is 1. The van der Waals surface area contributed by atoms with Crippen molar-refractivity contribution in [3.8, 4) is 0 Å². The number of hydrogen-bond acceptors (Lipinski definition) is 2. The SMILES string of the molecule is CC.N[C@H](C=O)Cc1ccc(F)c(F)c1.[HH]. The van der Waals surface area contributed by atoms with Gasteiger partial charge in [0.2, 0.25) is 0 Å². The summed E-state index contributed by atoms with van der Waals surface area (Å²) in [5, 5.41) is 0. The number of carbonyl (C=O) groups is 1. The highest BCUT2D eigenvalue weighted by Gasteiger charge is 2.05. The summed E-state index contributed by atoms with van der Waals surface area (Å²) < 4.78 is 25.1. The second kappa shape index (κ2) is 7.06. The van der Waals surface area contributed by atoms with Crippen LogP contribution in [0.3, 0.4) is 0 Å². The first-order chi connectivity index (χ1) is 7.13. The lowest BCUT2D eigenvalue weighted by molar-refractivity contribution is -0.108. The molecule has 0 spiro atoms. The van der Waals surface area contributed by atoms with E-state index in [9.17, 15) is 13.6 Å². The number of hydrogen-bond donors (Lipinski definition) is 1. The van der Waals surface area contributed by atoms with Gasteiger partial charge in [0.25, 0.3) is 0 Å². The first kappa shape index (κ1) is 13.7. The monoisotopic (exact) mass is 217 g/mol. The smallest absolute Gasteiger partial charge is 0.159 e. The molecular weight excluding hydrogens is 200 g/mol. The zero-order valence-electron chi connectivity index (χ0n) is 8.84. The van der Waals surface area contributed by atoms with Gasteiger partial charge in [-0.05, 0) is 24.1 Å². The Balaban J connectivity index is 0. The van der Waals surface area contributed by atoms with Crippen molar-refractivity contribution in [3.63, 3.8) is 0 Å². The van der Waals surface area contributed by atoms with Gasteiger partial charge < -0.3 is 10.5 Å². The van der Waals surface area contributed by atoms with Gasteiger partial charge in [-0.1, -0.05) is 19.9 Å². The average molecular weight is 217 g/mol. The Morgan fingerprint density at radius 1 is 1.40 bits per heavy atom. The van der Waals surface area contributed by atoms with E-state index in [-0.39, 0.29) is 7.85 Å². The third-order valence-corrected chi connectivity index (χ3v) is 1.63. The fraction of sp³-hybridized carbons (Fsp3) is 0.364. The van der Waals surface area contributed by atoms with E-state index >= 15 is 0 Å². The van der Waals surface area contributed by atoms with E-state index in [0.717, 1.165) is 12.1 Å². The van der Waals surface area contributed by atoms with Gasteiger partial charge in [0.05, 0.1) is 6.04 Å². The Morgan fingerprint density at radius 2 is 2.00 bits per heavy atom. The van der Waals surface area contributed by atoms with E-state index in [1.54, 1.807) is 0 Å². The highest BCUT2D eigenvalue weighted by atomic mass is 19.2. The van der Waals surface area contributed by atoms with E-state index in [1.165, 1.54) is 6.07 Å². The maximum Gasteiger partial charge on any atom is 0.159 e. The minimum atomic E-state index is -0.921. The third-order valence-electron chi connectivity index (χ3n) is 1.63. The molecule has 0 heterocycles. The van der Waals surface area contributed by atoms with Gasteiger partial charge in [0.15, 0.2) is 11.6 Å². The van der Waals surface area contributed by atoms with Crippen molar-refractivity contribution in [1.29, 1.82) is 0 Å². The minimum absolute atomic E-state index is 0. The van der Waals surface area contributed by atoms with Gasteiger partial charge in [0.1, 0.15) is 6.29 Å². The summed E-state index contributed by atoms with van der Waals surface area (Å²) in [5.41, 5.74) is 5.82. The van der Waals surface area contributed by atoms with Crippen LogP contribution in [0.2, 0.25) is 0 Å². The van der Waals surface area contributed by atoms with Gasteiger partial charge in [-0.25, -0.2) is 8.78 Å². The van der Waals surface area contributed by atoms with E-state index in [0.29, 0.717) is 11.8 Å². The van der Waals surface area contributed by atoms with Crippen LogP contribution in [-0.4, -0.2) is 12.3 Å². The van der Waals surface area contributed by atoms with Gasteiger partial charge in [-0.15, -0.1) is 0 Å². The van der Waals surface area contributed by atoms with Crippen LogP contribution in [-0.2, 0) is 11.2 Å². The topological polar surface area (TPSA) is 43.1 Å². The lowest BCUT2D eigenvalue weighted by Crippen LogP contribution is -2.24. The van der Waals surface area contributed by atoms with E-state index in [4.69, 9.17) is 5.73 Å². The Labute approximate surface area is 89.6 Å². The summed E-state index contributed by atoms with van der Waals surface area (Å²) in [6.45, 7) is 4.00. The van der Waals surface area contributed by atoms with Crippen LogP contribution in [0.15, 0.2) is 18.2 Å². The summed E-state index contributed by atoms with van der Waals surface area (Å²) >= 11 is 0. The molecule has 0 aromatic heterocycles. The molecule has 1 aromatic carbocycles. The van der Waals surface area contributed by atoms with Crippen molar-refractivity contribution in [2.24, 2.45) is 5.73 Å². The molecule has 0 bridgehead atoms. The van der Waals surface area contributed by atoms with Crippen molar-refractivity contribution in [3.05, 3.63) is 35.4 Å². The maximum absolute atomic E-state index is 12.6. The molecule has 86 valence electrons. The summed E-state index contributed by atoms with van der Waals surface area (Å²) in [4.78, 5) is 10.2. The van der Waals surface area contributed by atoms with E-state index in [2.05, 4.69) is 0 Å². The Morgan fingerprint density at radius 3 is 2.47 bits per heavy atom. The van der Waals surface area contributed by atoms with Crippen LogP contribution in [0.4, 0.5) is 8.78 Å². The molecule has 1 atom stereocenters. The highest BCUT2D eigenvalue weighted by Crippen LogP contribution is 2.09. The van der Waals surface area contributed by atoms with Crippen LogP contribution >= 0.6 is 0 Å². The molecule has 0 saturated carbocycles. The molecule has 15 heavy (non-hydrogen) atoms. The molecule has 1 rings (SSSR count). The fourth-order valence-electron chi connectivity index (χ4n) is 0.987. The fourth-order valence-corrected chi connectivity index (χ4v) is 0.987. The molecule has 1 aromatic rings. The molecule has 0 saturated heterocycles. The molecule has 2 N–H and O–H groups in total. The highest BCUT2D eigenvalue weighted by molar-refractivity contribution is 5.57. The molecule has 0 unspecified atom stereocenters. The van der Waals surface area contributed by atoms with Crippen molar-refractivity contribution < 1.29 is 15.0 Å². The normalized spacial score (nSPS) is 11.3. The number of rotatable bonds is 3. The van der Waals surface area contributed by atoms with Crippen LogP contribution < -0.4 is 5.73 Å². The maximum atomic E-state index is 12.6. The molecule has 0 radical (unpaired) electrons. The lowest BCUT2D eigenvalue weighted by atomic mass is 10.1. The van der Waals surface area contributed by atoms with Gasteiger partial charge in [-0.3, -0.25) is 0 Å². The Bertz CT molecular complexity index is 321. The number of halogens is 2. The molecule has 0 aliphatic rings. The summed E-state index contributed by atoms with van der Waals surface area (Å²) in [6.07, 6.45) is 0.794. The summed E-state index contributed by atoms with van der Waals surface area (Å²) in [5.74, 6) is -1.82. The summed E-state index contributed by atoms with van der Waals surface area (Å²) in [6, 6.07) is 2.80. The predicted octanol–water partition coefficient (Wildman–Crippen LogP) is 2.31. The minimum Gasteiger partial charge on any atom is -0.321 e. The van der Waals surface area contributed by atoms with Crippen LogP contribution in [0, 0.1) is 11.6 Å². The van der Waals surface area contributed by atoms with Crippen LogP contribution in [0.1, 0.15) is 20.8 Å². The quantitative estimate of drug-likeness (QED) is 0.789. The molecule has 0 fully saturated rings. The molecular formula is C11H17F2NO. The second-order valence-corrected chi connectivity index (χ2v) is 2.75. The van der Waals surface area contributed by atoms with Crippen LogP contribution in [0.25, 0.3) is 0 Å². The lowest BCUT2D eigenvalue weighted by Gasteiger charge is -2.03. The Kier molecular flexibility index (Phi) is 6.45. The number of aldehydes is 1. The zero-order valence-corrected chi connectivity index (χ0v) is 8.84. The Hall–Kier alpha value is -1.29. The van der Waals surface area contributed by atoms with Gasteiger partial charge in [-0.2, -0.15) is 0 Å². The third kappa shape index (κ3) is 4.65. The van der Waals surface area contributed by atoms with Crippen molar-refractivity contribution in [2.75, 3.05) is 0 Å². The van der Waals surface area contributed by atoms with Crippen molar-refractivity contribution >= 4 is 6.29 Å². The average Bonchev–Trinajstić information content (AvgIpc) is 2.26. The molecule has 0 aliphatic heterocycles. The largest absolute Gasteiger partial charge is 0.321 e. The number of nitrogens with two attached hydrogens (primary N) is 1. The van der Waals surface area contributed by atoms with Crippen molar-refractivity contribution in [2.45, 2.75) is 26.3 Å². The van der Waals surface area contributed by atoms with Gasteiger partial charge in [0, 0.05) is 1.43 Å². The van der Waals surface area contributed by atoms with Crippen LogP contribution in [0.5, 0.6) is 0 Å². The molecule has 2 nitrogen and oxygen atoms in total. The van der Waals surface area contributed by atoms with E-state index < -0.39 is 17.7 Å². The molecule has 0 aliphatic carbocycles. The predicted molar refractivity (Wildman–Crippen MR) is 57.6 cm³/mol. The summed E-state index contributed by atoms with van der Waals surface area (Å²) in [7, 11) is 0. The molecule has 4 heteroatoms. The first-order valence-corrected chi connectivity index (χ1v) is 4.78. The van der Waals surface area contributed by atoms with Gasteiger partial charge >= 0.3 is 0 Å². The zero-order chi connectivity index (χ0) is 11.8. The standard InChI is InChI=1S/C9H9F2NO.C2H6.H2/c10-8-2-1-6(4-9(8)11)3-7(12)5-13;1-2;/h1-2,4-5,7H,3,12H2;1-2H3;1H/t7-;;/m0../s1. The van der Waals surface area contributed by atoms with E-state index in [1.807, 2.05) is 13.8 Å². The first-order valence-electron chi connectivity index (χ1n) is 4.78. The molecule has 0 amide bonds. The second-order valence-electron chi connectivity index (χ2n) is 2.75. The number of benzene rings is 1. The van der Waals surface area contributed by atoms with Crippen molar-refractivity contribution in [1.82, 2.24) is 0 Å².